The molecule has 4 heteroatoms. The molecule has 4 nitrogen and oxygen atoms in total. The van der Waals surface area contributed by atoms with Gasteiger partial charge in [0.15, 0.2) is 5.57 Å². The number of hydrogen-bond donors (Lipinski definition) is 2. The molecule has 0 atom stereocenters. The fourth-order valence-corrected chi connectivity index (χ4v) is 0.829. The Morgan fingerprint density at radius 1 is 1.31 bits per heavy atom. The minimum absolute atomic E-state index is 0.0959. The normalized spacial score (nSPS) is 8.00. The van der Waals surface area contributed by atoms with Crippen molar-refractivity contribution in [3.05, 3.63) is 11.4 Å². The van der Waals surface area contributed by atoms with Crippen molar-refractivity contribution in [3.63, 3.8) is 0 Å². The first kappa shape index (κ1) is 11.3. The maximum atomic E-state index is 8.57. The number of nitrogens with zero attached hydrogens (tertiary/aromatic N) is 2. The zero-order valence-electron chi connectivity index (χ0n) is 8.02. The maximum absolute atomic E-state index is 8.57. The summed E-state index contributed by atoms with van der Waals surface area (Å²) in [7, 11) is 1.68. The quantitative estimate of drug-likeness (QED) is 0.483. The molecule has 0 saturated heterocycles. The predicted molar refractivity (Wildman–Crippen MR) is 50.2 cm³/mol. The Morgan fingerprint density at radius 3 is 2.31 bits per heavy atom. The molecule has 70 valence electrons. The summed E-state index contributed by atoms with van der Waals surface area (Å²) in [6.45, 7) is 2.86. The second-order valence-electron chi connectivity index (χ2n) is 2.50. The van der Waals surface area contributed by atoms with E-state index >= 15 is 0 Å². The second-order valence-corrected chi connectivity index (χ2v) is 2.50. The summed E-state index contributed by atoms with van der Waals surface area (Å²) in [5.74, 6) is 0.512. The van der Waals surface area contributed by atoms with E-state index in [0.717, 1.165) is 19.4 Å². The van der Waals surface area contributed by atoms with Gasteiger partial charge in [0.25, 0.3) is 0 Å². The standard InChI is InChI=1S/C9H14N4/c1-3-4-5-13-9(12-2)8(6-10)7-11/h12-13H,3-5H2,1-2H3. The van der Waals surface area contributed by atoms with Crippen LogP contribution < -0.4 is 10.6 Å². The molecule has 0 aliphatic rings. The van der Waals surface area contributed by atoms with Crippen LogP contribution in [0.5, 0.6) is 0 Å². The average molecular weight is 178 g/mol. The van der Waals surface area contributed by atoms with Crippen LogP contribution in [-0.4, -0.2) is 13.6 Å². The van der Waals surface area contributed by atoms with Gasteiger partial charge < -0.3 is 10.6 Å². The van der Waals surface area contributed by atoms with Crippen LogP contribution >= 0.6 is 0 Å². The first-order chi connectivity index (χ1) is 6.29. The third kappa shape index (κ3) is 4.03. The molecule has 0 fully saturated rings. The van der Waals surface area contributed by atoms with Crippen molar-refractivity contribution in [1.29, 1.82) is 10.5 Å². The van der Waals surface area contributed by atoms with Crippen molar-refractivity contribution >= 4 is 0 Å². The van der Waals surface area contributed by atoms with Gasteiger partial charge in [-0.15, -0.1) is 0 Å². The van der Waals surface area contributed by atoms with Crippen molar-refractivity contribution in [2.45, 2.75) is 19.8 Å². The van der Waals surface area contributed by atoms with Crippen LogP contribution in [0, 0.1) is 22.7 Å². The smallest absolute Gasteiger partial charge is 0.169 e. The van der Waals surface area contributed by atoms with E-state index in [4.69, 9.17) is 10.5 Å². The van der Waals surface area contributed by atoms with E-state index in [0.29, 0.717) is 5.82 Å². The average Bonchev–Trinajstić information content (AvgIpc) is 2.17. The molecular formula is C9H14N4. The van der Waals surface area contributed by atoms with Crippen molar-refractivity contribution in [2.75, 3.05) is 13.6 Å². The van der Waals surface area contributed by atoms with Crippen LogP contribution in [-0.2, 0) is 0 Å². The topological polar surface area (TPSA) is 71.6 Å². The summed E-state index contributed by atoms with van der Waals surface area (Å²) >= 11 is 0. The van der Waals surface area contributed by atoms with Gasteiger partial charge in [0.1, 0.15) is 18.0 Å². The van der Waals surface area contributed by atoms with Crippen LogP contribution in [0.25, 0.3) is 0 Å². The first-order valence-electron chi connectivity index (χ1n) is 4.26. The van der Waals surface area contributed by atoms with Crippen molar-refractivity contribution < 1.29 is 0 Å². The van der Waals surface area contributed by atoms with Gasteiger partial charge in [0, 0.05) is 13.6 Å². The summed E-state index contributed by atoms with van der Waals surface area (Å²) in [4.78, 5) is 0. The van der Waals surface area contributed by atoms with Gasteiger partial charge in [-0.05, 0) is 6.42 Å². The monoisotopic (exact) mass is 178 g/mol. The molecule has 0 aromatic carbocycles. The minimum Gasteiger partial charge on any atom is -0.373 e. The van der Waals surface area contributed by atoms with Crippen molar-refractivity contribution in [3.8, 4) is 12.1 Å². The van der Waals surface area contributed by atoms with E-state index in [-0.39, 0.29) is 5.57 Å². The molecule has 13 heavy (non-hydrogen) atoms. The third-order valence-electron chi connectivity index (χ3n) is 1.56. The molecule has 0 saturated carbocycles. The molecule has 0 spiro atoms. The molecule has 0 aliphatic carbocycles. The second kappa shape index (κ2) is 7.00. The molecule has 2 N–H and O–H groups in total. The van der Waals surface area contributed by atoms with Gasteiger partial charge in [0.05, 0.1) is 0 Å². The van der Waals surface area contributed by atoms with Gasteiger partial charge in [-0.3, -0.25) is 0 Å². The van der Waals surface area contributed by atoms with Crippen LogP contribution in [0.1, 0.15) is 19.8 Å². The highest BCUT2D eigenvalue weighted by Crippen LogP contribution is 1.95. The molecule has 0 amide bonds. The molecular weight excluding hydrogens is 164 g/mol. The molecule has 0 bridgehead atoms. The van der Waals surface area contributed by atoms with Crippen molar-refractivity contribution in [2.24, 2.45) is 0 Å². The maximum Gasteiger partial charge on any atom is 0.169 e. The van der Waals surface area contributed by atoms with Crippen LogP contribution in [0.4, 0.5) is 0 Å². The van der Waals surface area contributed by atoms with Gasteiger partial charge in [-0.25, -0.2) is 0 Å². The van der Waals surface area contributed by atoms with Gasteiger partial charge >= 0.3 is 0 Å². The Kier molecular flexibility index (Phi) is 6.09. The minimum atomic E-state index is 0.0959. The summed E-state index contributed by atoms with van der Waals surface area (Å²) in [5.41, 5.74) is 0.0959. The van der Waals surface area contributed by atoms with Crippen LogP contribution in [0.15, 0.2) is 11.4 Å². The number of hydrogen-bond acceptors (Lipinski definition) is 4. The lowest BCUT2D eigenvalue weighted by molar-refractivity contribution is 0.674. The first-order valence-corrected chi connectivity index (χ1v) is 4.26. The number of allylic oxidation sites excluding steroid dienone is 1. The molecule has 0 rings (SSSR count). The Bertz CT molecular complexity index is 238. The van der Waals surface area contributed by atoms with Gasteiger partial charge in [-0.2, -0.15) is 10.5 Å². The molecule has 0 aromatic rings. The summed E-state index contributed by atoms with van der Waals surface area (Å²) in [5, 5.41) is 22.9. The van der Waals surface area contributed by atoms with E-state index in [1.165, 1.54) is 0 Å². The number of nitrogens with one attached hydrogen (secondary N) is 2. The SMILES string of the molecule is CCCCNC(NC)=C(C#N)C#N. The summed E-state index contributed by atoms with van der Waals surface area (Å²) in [6, 6.07) is 3.65. The highest BCUT2D eigenvalue weighted by Gasteiger charge is 2.01. The lowest BCUT2D eigenvalue weighted by Crippen LogP contribution is -2.25. The molecule has 0 aliphatic heterocycles. The number of rotatable bonds is 5. The zero-order chi connectivity index (χ0) is 10.1. The van der Waals surface area contributed by atoms with Gasteiger partial charge in [-0.1, -0.05) is 13.3 Å². The van der Waals surface area contributed by atoms with Gasteiger partial charge in [0.2, 0.25) is 0 Å². The number of nitriles is 2. The van der Waals surface area contributed by atoms with E-state index in [1.807, 2.05) is 12.1 Å². The predicted octanol–water partition coefficient (Wildman–Crippen LogP) is 0.854. The lowest BCUT2D eigenvalue weighted by Gasteiger charge is -2.08. The molecule has 0 unspecified atom stereocenters. The Morgan fingerprint density at radius 2 is 1.92 bits per heavy atom. The largest absolute Gasteiger partial charge is 0.373 e. The lowest BCUT2D eigenvalue weighted by atomic mass is 10.3. The Labute approximate surface area is 78.9 Å². The van der Waals surface area contributed by atoms with E-state index in [2.05, 4.69) is 17.6 Å². The highest BCUT2D eigenvalue weighted by atomic mass is 15.1. The van der Waals surface area contributed by atoms with Crippen LogP contribution in [0.2, 0.25) is 0 Å². The molecule has 0 heterocycles. The van der Waals surface area contributed by atoms with Crippen LogP contribution in [0.3, 0.4) is 0 Å². The van der Waals surface area contributed by atoms with E-state index in [1.54, 1.807) is 7.05 Å². The molecule has 0 aromatic heterocycles. The summed E-state index contributed by atoms with van der Waals surface area (Å²) in [6.07, 6.45) is 2.10. The third-order valence-corrected chi connectivity index (χ3v) is 1.56. The number of unbranched alkanes of at least 4 members (excludes halogenated alkanes) is 1. The van der Waals surface area contributed by atoms with E-state index in [9.17, 15) is 0 Å². The van der Waals surface area contributed by atoms with Crippen molar-refractivity contribution in [1.82, 2.24) is 10.6 Å². The molecule has 0 radical (unpaired) electrons. The fourth-order valence-electron chi connectivity index (χ4n) is 0.829. The zero-order valence-corrected chi connectivity index (χ0v) is 8.02. The fraction of sp³-hybridized carbons (Fsp3) is 0.556. The van der Waals surface area contributed by atoms with E-state index < -0.39 is 0 Å². The Hall–Kier alpha value is -1.68. The summed E-state index contributed by atoms with van der Waals surface area (Å²) < 4.78 is 0. The Balaban J connectivity index is 4.26. The highest BCUT2D eigenvalue weighted by molar-refractivity contribution is 5.38.